The van der Waals surface area contributed by atoms with E-state index in [1.54, 1.807) is 24.5 Å². The number of nitrogens with zero attached hydrogens (tertiary/aromatic N) is 1. The van der Waals surface area contributed by atoms with Crippen molar-refractivity contribution >= 4 is 29.5 Å². The van der Waals surface area contributed by atoms with Gasteiger partial charge in [0.1, 0.15) is 0 Å². The van der Waals surface area contributed by atoms with E-state index in [4.69, 9.17) is 11.1 Å². The average molecular weight is 347 g/mol. The smallest absolute Gasteiger partial charge is 0.248 e. The Morgan fingerprint density at radius 2 is 2.19 bits per heavy atom. The number of benzene rings is 1. The molecule has 5 N–H and O–H groups in total. The number of aromatic nitrogens is 1. The lowest BCUT2D eigenvalue weighted by atomic mass is 10.0. The minimum atomic E-state index is -0.221. The Balaban J connectivity index is 1.74. The molecule has 3 rings (SSSR count). The fourth-order valence-corrected chi connectivity index (χ4v) is 2.92. The Bertz CT molecular complexity index is 886. The summed E-state index contributed by atoms with van der Waals surface area (Å²) in [6.07, 6.45) is 9.90. The number of pyridine rings is 1. The van der Waals surface area contributed by atoms with Gasteiger partial charge in [0, 0.05) is 54.3 Å². The van der Waals surface area contributed by atoms with Crippen LogP contribution in [0.25, 0.3) is 11.6 Å². The Morgan fingerprint density at radius 1 is 1.31 bits per heavy atom. The van der Waals surface area contributed by atoms with E-state index in [1.807, 2.05) is 18.2 Å². The van der Waals surface area contributed by atoms with Crippen molar-refractivity contribution in [1.82, 2.24) is 10.3 Å². The van der Waals surface area contributed by atoms with Crippen molar-refractivity contribution in [2.45, 2.75) is 13.0 Å². The standard InChI is InChI=1S/C20H21N5O/c21-10-17(11-22)19-6-8-24-13-16(19)2-4-20(26)25-18-3-1-15-12-23-7-5-14(15)9-18/h1-4,6,8-11,13,21,23H,5,7,12,22H2,(H,25,26)/b4-2+,17-11?,21-10?. The summed E-state index contributed by atoms with van der Waals surface area (Å²) >= 11 is 0. The molecule has 0 bridgehead atoms. The summed E-state index contributed by atoms with van der Waals surface area (Å²) in [7, 11) is 0. The highest BCUT2D eigenvalue weighted by atomic mass is 16.1. The topological polar surface area (TPSA) is 104 Å². The molecule has 0 atom stereocenters. The highest BCUT2D eigenvalue weighted by Crippen LogP contribution is 2.20. The molecule has 1 aliphatic heterocycles. The third-order valence-electron chi connectivity index (χ3n) is 4.27. The number of nitrogens with two attached hydrogens (primary N) is 1. The van der Waals surface area contributed by atoms with Crippen LogP contribution in [0.4, 0.5) is 5.69 Å². The summed E-state index contributed by atoms with van der Waals surface area (Å²) in [5.74, 6) is -0.221. The lowest BCUT2D eigenvalue weighted by Crippen LogP contribution is -2.23. The molecule has 26 heavy (non-hydrogen) atoms. The van der Waals surface area contributed by atoms with Crippen molar-refractivity contribution in [1.29, 1.82) is 5.41 Å². The molecule has 1 aliphatic rings. The molecule has 1 amide bonds. The van der Waals surface area contributed by atoms with Crippen LogP contribution in [0.1, 0.15) is 22.3 Å². The third kappa shape index (κ3) is 4.04. The summed E-state index contributed by atoms with van der Waals surface area (Å²) in [6.45, 7) is 1.83. The molecule has 1 aromatic heterocycles. The second-order valence-corrected chi connectivity index (χ2v) is 5.96. The summed E-state index contributed by atoms with van der Waals surface area (Å²) in [4.78, 5) is 16.3. The van der Waals surface area contributed by atoms with Crippen molar-refractivity contribution in [3.8, 4) is 0 Å². The average Bonchev–Trinajstić information content (AvgIpc) is 2.68. The molecule has 0 aliphatic carbocycles. The first-order valence-corrected chi connectivity index (χ1v) is 8.39. The number of anilines is 1. The summed E-state index contributed by atoms with van der Waals surface area (Å²) in [5.41, 5.74) is 10.9. The second-order valence-electron chi connectivity index (χ2n) is 5.96. The van der Waals surface area contributed by atoms with Crippen molar-refractivity contribution < 1.29 is 4.79 Å². The number of allylic oxidation sites excluding steroid dienone is 1. The van der Waals surface area contributed by atoms with Gasteiger partial charge in [0.05, 0.1) is 0 Å². The van der Waals surface area contributed by atoms with E-state index in [0.29, 0.717) is 5.57 Å². The van der Waals surface area contributed by atoms with Crippen LogP contribution in [0, 0.1) is 5.41 Å². The minimum Gasteiger partial charge on any atom is -0.404 e. The molecule has 6 heteroatoms. The summed E-state index contributed by atoms with van der Waals surface area (Å²) in [5, 5.41) is 13.7. The van der Waals surface area contributed by atoms with Gasteiger partial charge in [0.25, 0.3) is 0 Å². The predicted molar refractivity (Wildman–Crippen MR) is 105 cm³/mol. The third-order valence-corrected chi connectivity index (χ3v) is 4.27. The lowest BCUT2D eigenvalue weighted by molar-refractivity contribution is -0.111. The highest BCUT2D eigenvalue weighted by Gasteiger charge is 2.09. The monoisotopic (exact) mass is 347 g/mol. The van der Waals surface area contributed by atoms with Crippen LogP contribution in [0.15, 0.2) is 48.9 Å². The van der Waals surface area contributed by atoms with Crippen molar-refractivity contribution in [2.24, 2.45) is 5.73 Å². The Labute approximate surface area is 152 Å². The first kappa shape index (κ1) is 17.6. The molecule has 1 aromatic carbocycles. The number of hydrogen-bond acceptors (Lipinski definition) is 5. The molecule has 0 radical (unpaired) electrons. The second kappa shape index (κ2) is 8.22. The van der Waals surface area contributed by atoms with Gasteiger partial charge in [-0.1, -0.05) is 6.07 Å². The molecule has 0 saturated heterocycles. The van der Waals surface area contributed by atoms with Gasteiger partial charge in [-0.15, -0.1) is 0 Å². The Kier molecular flexibility index (Phi) is 5.56. The first-order valence-electron chi connectivity index (χ1n) is 8.39. The molecule has 132 valence electrons. The van der Waals surface area contributed by atoms with Gasteiger partial charge < -0.3 is 21.8 Å². The van der Waals surface area contributed by atoms with Crippen LogP contribution in [-0.4, -0.2) is 23.7 Å². The van der Waals surface area contributed by atoms with Gasteiger partial charge in [-0.25, -0.2) is 0 Å². The summed E-state index contributed by atoms with van der Waals surface area (Å²) < 4.78 is 0. The SMILES string of the molecule is N=CC(=CN)c1ccncc1/C=C/C(=O)Nc1ccc2c(c1)CCNC2. The number of carbonyl (C=O) groups excluding carboxylic acids is 1. The number of carbonyl (C=O) groups is 1. The zero-order valence-corrected chi connectivity index (χ0v) is 14.3. The van der Waals surface area contributed by atoms with Crippen LogP contribution >= 0.6 is 0 Å². The normalized spacial score (nSPS) is 14.1. The van der Waals surface area contributed by atoms with Gasteiger partial charge >= 0.3 is 0 Å². The number of fused-ring (bicyclic) bond motifs is 1. The van der Waals surface area contributed by atoms with Crippen LogP contribution in [0.5, 0.6) is 0 Å². The zero-order chi connectivity index (χ0) is 18.4. The van der Waals surface area contributed by atoms with Gasteiger partial charge in [0.15, 0.2) is 0 Å². The maximum atomic E-state index is 12.3. The molecule has 6 nitrogen and oxygen atoms in total. The fourth-order valence-electron chi connectivity index (χ4n) is 2.92. The van der Waals surface area contributed by atoms with Gasteiger partial charge in [-0.3, -0.25) is 9.78 Å². The van der Waals surface area contributed by atoms with E-state index in [9.17, 15) is 4.79 Å². The summed E-state index contributed by atoms with van der Waals surface area (Å²) in [6, 6.07) is 7.75. The number of hydrogen-bond donors (Lipinski definition) is 4. The van der Waals surface area contributed by atoms with Crippen LogP contribution in [-0.2, 0) is 17.8 Å². The van der Waals surface area contributed by atoms with Crippen LogP contribution in [0.2, 0.25) is 0 Å². The molecule has 2 aromatic rings. The van der Waals surface area contributed by atoms with Crippen molar-refractivity contribution in [3.63, 3.8) is 0 Å². The predicted octanol–water partition coefficient (Wildman–Crippen LogP) is 2.33. The first-order chi connectivity index (χ1) is 12.7. The van der Waals surface area contributed by atoms with Crippen LogP contribution in [0.3, 0.4) is 0 Å². The van der Waals surface area contributed by atoms with Crippen LogP contribution < -0.4 is 16.4 Å². The molecule has 0 saturated carbocycles. The van der Waals surface area contributed by atoms with Gasteiger partial charge in [0.2, 0.25) is 5.91 Å². The molecule has 0 spiro atoms. The van der Waals surface area contributed by atoms with Gasteiger partial charge in [-0.05, 0) is 53.9 Å². The zero-order valence-electron chi connectivity index (χ0n) is 14.3. The highest BCUT2D eigenvalue weighted by molar-refractivity contribution is 6.10. The van der Waals surface area contributed by atoms with E-state index in [-0.39, 0.29) is 5.91 Å². The quantitative estimate of drug-likeness (QED) is 0.492. The molecular weight excluding hydrogens is 326 g/mol. The maximum Gasteiger partial charge on any atom is 0.248 e. The van der Waals surface area contributed by atoms with E-state index in [2.05, 4.69) is 15.6 Å². The largest absolute Gasteiger partial charge is 0.404 e. The fraction of sp³-hybridized carbons (Fsp3) is 0.150. The van der Waals surface area contributed by atoms with E-state index >= 15 is 0 Å². The van der Waals surface area contributed by atoms with E-state index in [0.717, 1.165) is 36.3 Å². The number of nitrogens with one attached hydrogen (secondary N) is 3. The molecule has 0 fully saturated rings. The van der Waals surface area contributed by atoms with Crippen molar-refractivity contribution in [3.05, 3.63) is 71.2 Å². The Morgan fingerprint density at radius 3 is 3.00 bits per heavy atom. The van der Waals surface area contributed by atoms with E-state index < -0.39 is 0 Å². The number of rotatable bonds is 5. The number of amides is 1. The maximum absolute atomic E-state index is 12.3. The lowest BCUT2D eigenvalue weighted by Gasteiger charge is -2.17. The molecular formula is C20H21N5O. The minimum absolute atomic E-state index is 0.221. The van der Waals surface area contributed by atoms with Crippen molar-refractivity contribution in [2.75, 3.05) is 11.9 Å². The van der Waals surface area contributed by atoms with Gasteiger partial charge in [-0.2, -0.15) is 0 Å². The molecule has 2 heterocycles. The molecule has 0 unspecified atom stereocenters. The van der Waals surface area contributed by atoms with E-state index in [1.165, 1.54) is 29.6 Å². The Hall–Kier alpha value is -3.25.